The van der Waals surface area contributed by atoms with Gasteiger partial charge >= 0.3 is 0 Å². The van der Waals surface area contributed by atoms with E-state index in [-0.39, 0.29) is 5.91 Å². The molecule has 0 saturated carbocycles. The lowest BCUT2D eigenvalue weighted by Crippen LogP contribution is -2.32. The van der Waals surface area contributed by atoms with Crippen molar-refractivity contribution in [1.82, 2.24) is 0 Å². The first kappa shape index (κ1) is 17.1. The SMILES string of the molecule is N#Cc1c(NC(=O)CCN2CCCc3ccccc32)sc2c1CCCC2. The number of hydrogen-bond acceptors (Lipinski definition) is 4. The molecule has 0 saturated heterocycles. The van der Waals surface area contributed by atoms with Crippen molar-refractivity contribution in [2.24, 2.45) is 0 Å². The van der Waals surface area contributed by atoms with Gasteiger partial charge in [0.2, 0.25) is 5.91 Å². The van der Waals surface area contributed by atoms with Gasteiger partial charge in [-0.1, -0.05) is 18.2 Å². The lowest BCUT2D eigenvalue weighted by Gasteiger charge is -2.31. The molecule has 4 rings (SSSR count). The van der Waals surface area contributed by atoms with Crippen molar-refractivity contribution in [2.75, 3.05) is 23.3 Å². The number of anilines is 2. The first-order chi connectivity index (χ1) is 12.8. The third-order valence-corrected chi connectivity index (χ3v) is 6.56. The summed E-state index contributed by atoms with van der Waals surface area (Å²) in [7, 11) is 0. The minimum Gasteiger partial charge on any atom is -0.371 e. The van der Waals surface area contributed by atoms with Gasteiger partial charge in [-0.3, -0.25) is 4.79 Å². The number of hydrogen-bond donors (Lipinski definition) is 1. The molecule has 2 heterocycles. The first-order valence-corrected chi connectivity index (χ1v) is 10.3. The van der Waals surface area contributed by atoms with E-state index < -0.39 is 0 Å². The molecule has 5 heteroatoms. The van der Waals surface area contributed by atoms with Crippen molar-refractivity contribution in [2.45, 2.75) is 44.9 Å². The van der Waals surface area contributed by atoms with Gasteiger partial charge in [0.05, 0.1) is 5.56 Å². The summed E-state index contributed by atoms with van der Waals surface area (Å²) < 4.78 is 0. The molecule has 4 nitrogen and oxygen atoms in total. The smallest absolute Gasteiger partial charge is 0.226 e. The average molecular weight is 366 g/mol. The number of fused-ring (bicyclic) bond motifs is 2. The lowest BCUT2D eigenvalue weighted by molar-refractivity contribution is -0.116. The number of amides is 1. The van der Waals surface area contributed by atoms with Crippen LogP contribution >= 0.6 is 11.3 Å². The van der Waals surface area contributed by atoms with Crippen molar-refractivity contribution in [3.8, 4) is 6.07 Å². The van der Waals surface area contributed by atoms with Crippen molar-refractivity contribution in [3.05, 3.63) is 45.8 Å². The maximum atomic E-state index is 12.5. The molecule has 0 unspecified atom stereocenters. The van der Waals surface area contributed by atoms with Crippen LogP contribution in [0.25, 0.3) is 0 Å². The molecule has 2 aliphatic rings. The average Bonchev–Trinajstić information content (AvgIpc) is 3.03. The van der Waals surface area contributed by atoms with E-state index in [0.29, 0.717) is 12.0 Å². The number of aryl methyl sites for hydroxylation is 2. The Morgan fingerprint density at radius 1 is 1.19 bits per heavy atom. The minimum atomic E-state index is 0.00292. The predicted molar refractivity (Wildman–Crippen MR) is 106 cm³/mol. The summed E-state index contributed by atoms with van der Waals surface area (Å²) in [5.41, 5.74) is 4.50. The molecule has 0 spiro atoms. The van der Waals surface area contributed by atoms with Gasteiger partial charge < -0.3 is 10.2 Å². The number of para-hydroxylation sites is 1. The molecule has 0 atom stereocenters. The third kappa shape index (κ3) is 3.34. The predicted octanol–water partition coefficient (Wildman–Crippen LogP) is 4.28. The van der Waals surface area contributed by atoms with E-state index >= 15 is 0 Å². The molecule has 0 fully saturated rings. The zero-order valence-electron chi connectivity index (χ0n) is 14.9. The van der Waals surface area contributed by atoms with Crippen LogP contribution in [0.15, 0.2) is 24.3 Å². The summed E-state index contributed by atoms with van der Waals surface area (Å²) in [5, 5.41) is 13.3. The van der Waals surface area contributed by atoms with Crippen LogP contribution < -0.4 is 10.2 Å². The highest BCUT2D eigenvalue weighted by atomic mass is 32.1. The van der Waals surface area contributed by atoms with Crippen LogP contribution in [0.2, 0.25) is 0 Å². The zero-order valence-corrected chi connectivity index (χ0v) is 15.7. The highest BCUT2D eigenvalue weighted by molar-refractivity contribution is 7.16. The van der Waals surface area contributed by atoms with E-state index in [1.807, 2.05) is 0 Å². The molecule has 1 N–H and O–H groups in total. The van der Waals surface area contributed by atoms with Gasteiger partial charge in [-0.05, 0) is 55.7 Å². The van der Waals surface area contributed by atoms with Crippen molar-refractivity contribution >= 4 is 27.9 Å². The van der Waals surface area contributed by atoms with Crippen LogP contribution in [0.3, 0.4) is 0 Å². The summed E-state index contributed by atoms with van der Waals surface area (Å²) in [4.78, 5) is 16.1. The Balaban J connectivity index is 1.41. The molecule has 1 aliphatic heterocycles. The Bertz CT molecular complexity index is 865. The molecule has 134 valence electrons. The highest BCUT2D eigenvalue weighted by Crippen LogP contribution is 2.37. The number of carbonyl (C=O) groups excluding carboxylic acids is 1. The molecule has 26 heavy (non-hydrogen) atoms. The molecular weight excluding hydrogens is 342 g/mol. The second-order valence-electron chi connectivity index (χ2n) is 7.04. The fraction of sp³-hybridized carbons (Fsp3) is 0.429. The summed E-state index contributed by atoms with van der Waals surface area (Å²) >= 11 is 1.60. The van der Waals surface area contributed by atoms with E-state index in [0.717, 1.165) is 50.2 Å². The summed E-state index contributed by atoms with van der Waals surface area (Å²) in [6.45, 7) is 1.72. The van der Waals surface area contributed by atoms with Crippen molar-refractivity contribution in [1.29, 1.82) is 5.26 Å². The number of nitriles is 1. The molecule has 0 bridgehead atoms. The van der Waals surface area contributed by atoms with Crippen LogP contribution in [-0.2, 0) is 24.1 Å². The fourth-order valence-corrected chi connectivity index (χ4v) is 5.30. The second kappa shape index (κ2) is 7.51. The van der Waals surface area contributed by atoms with E-state index in [1.54, 1.807) is 11.3 Å². The van der Waals surface area contributed by atoms with Gasteiger partial charge in [-0.25, -0.2) is 0 Å². The Labute approximate surface area is 158 Å². The molecule has 1 aromatic heterocycles. The van der Waals surface area contributed by atoms with Gasteiger partial charge in [-0.15, -0.1) is 11.3 Å². The molecular formula is C21H23N3OS. The van der Waals surface area contributed by atoms with Gasteiger partial charge in [0.1, 0.15) is 11.1 Å². The topological polar surface area (TPSA) is 56.1 Å². The number of benzene rings is 1. The van der Waals surface area contributed by atoms with Gasteiger partial charge in [0, 0.05) is 30.1 Å². The first-order valence-electron chi connectivity index (χ1n) is 9.43. The quantitative estimate of drug-likeness (QED) is 0.880. The Morgan fingerprint density at radius 2 is 2.04 bits per heavy atom. The third-order valence-electron chi connectivity index (χ3n) is 5.35. The molecule has 2 aromatic rings. The van der Waals surface area contributed by atoms with Crippen molar-refractivity contribution in [3.63, 3.8) is 0 Å². The van der Waals surface area contributed by atoms with E-state index in [4.69, 9.17) is 0 Å². The Hall–Kier alpha value is -2.32. The van der Waals surface area contributed by atoms with E-state index in [1.165, 1.54) is 28.1 Å². The van der Waals surface area contributed by atoms with E-state index in [2.05, 4.69) is 40.6 Å². The normalized spacial score (nSPS) is 15.7. The van der Waals surface area contributed by atoms with Crippen LogP contribution in [0.1, 0.15) is 47.3 Å². The van der Waals surface area contributed by atoms with E-state index in [9.17, 15) is 10.1 Å². The summed E-state index contributed by atoms with van der Waals surface area (Å²) in [5.74, 6) is 0.00292. The summed E-state index contributed by atoms with van der Waals surface area (Å²) in [6, 6.07) is 10.8. The molecule has 1 aliphatic carbocycles. The molecule has 1 amide bonds. The van der Waals surface area contributed by atoms with Gasteiger partial charge in [0.25, 0.3) is 0 Å². The van der Waals surface area contributed by atoms with Gasteiger partial charge in [0.15, 0.2) is 0 Å². The lowest BCUT2D eigenvalue weighted by atomic mass is 9.96. The standard InChI is InChI=1S/C21H23N3OS/c22-14-17-16-8-2-4-10-19(16)26-21(17)23-20(25)11-13-24-12-5-7-15-6-1-3-9-18(15)24/h1,3,6,9H,2,4-5,7-8,10-13H2,(H,23,25). The van der Waals surface area contributed by atoms with Crippen LogP contribution in [-0.4, -0.2) is 19.0 Å². The number of carbonyl (C=O) groups is 1. The van der Waals surface area contributed by atoms with Crippen LogP contribution in [0, 0.1) is 11.3 Å². The Morgan fingerprint density at radius 3 is 2.92 bits per heavy atom. The minimum absolute atomic E-state index is 0.00292. The number of thiophene rings is 1. The van der Waals surface area contributed by atoms with Gasteiger partial charge in [-0.2, -0.15) is 5.26 Å². The fourth-order valence-electron chi connectivity index (χ4n) is 4.04. The van der Waals surface area contributed by atoms with Crippen molar-refractivity contribution < 1.29 is 4.79 Å². The highest BCUT2D eigenvalue weighted by Gasteiger charge is 2.22. The second-order valence-corrected chi connectivity index (χ2v) is 8.15. The van der Waals surface area contributed by atoms with Crippen LogP contribution in [0.5, 0.6) is 0 Å². The molecule has 0 radical (unpaired) electrons. The maximum Gasteiger partial charge on any atom is 0.226 e. The number of rotatable bonds is 4. The number of nitrogens with zero attached hydrogens (tertiary/aromatic N) is 2. The Kier molecular flexibility index (Phi) is 4.94. The molecule has 1 aromatic carbocycles. The number of nitrogens with one attached hydrogen (secondary N) is 1. The zero-order chi connectivity index (χ0) is 17.9. The van der Waals surface area contributed by atoms with Crippen LogP contribution in [0.4, 0.5) is 10.7 Å². The largest absolute Gasteiger partial charge is 0.371 e. The summed E-state index contributed by atoms with van der Waals surface area (Å²) in [6.07, 6.45) is 7.02. The monoisotopic (exact) mass is 365 g/mol. The maximum absolute atomic E-state index is 12.5.